The van der Waals surface area contributed by atoms with E-state index in [1.54, 1.807) is 20.8 Å². The predicted octanol–water partition coefficient (Wildman–Crippen LogP) is 2.24. The molecule has 5 heteroatoms. The first-order valence-electron chi connectivity index (χ1n) is 6.80. The average Bonchev–Trinajstić information content (AvgIpc) is 2.15. The van der Waals surface area contributed by atoms with Crippen molar-refractivity contribution >= 4 is 12.1 Å². The zero-order chi connectivity index (χ0) is 14.3. The molecule has 2 bridgehead atoms. The lowest BCUT2D eigenvalue weighted by molar-refractivity contribution is -0.152. The van der Waals surface area contributed by atoms with E-state index < -0.39 is 23.7 Å². The van der Waals surface area contributed by atoms with Gasteiger partial charge in [0.25, 0.3) is 0 Å². The molecule has 0 aromatic rings. The third-order valence-electron chi connectivity index (χ3n) is 3.98. The van der Waals surface area contributed by atoms with Gasteiger partial charge in [-0.3, -0.25) is 0 Å². The quantitative estimate of drug-likeness (QED) is 0.795. The predicted molar refractivity (Wildman–Crippen MR) is 69.6 cm³/mol. The van der Waals surface area contributed by atoms with Crippen molar-refractivity contribution in [2.45, 2.75) is 58.1 Å². The summed E-state index contributed by atoms with van der Waals surface area (Å²) >= 11 is 0. The van der Waals surface area contributed by atoms with Crippen molar-refractivity contribution in [1.82, 2.24) is 5.32 Å². The van der Waals surface area contributed by atoms with Crippen LogP contribution in [0.5, 0.6) is 0 Å². The second-order valence-corrected chi connectivity index (χ2v) is 6.90. The first-order chi connectivity index (χ1) is 8.73. The smallest absolute Gasteiger partial charge is 0.408 e. The van der Waals surface area contributed by atoms with Gasteiger partial charge in [-0.2, -0.15) is 0 Å². The van der Waals surface area contributed by atoms with E-state index in [-0.39, 0.29) is 5.41 Å². The van der Waals surface area contributed by atoms with Crippen LogP contribution in [-0.4, -0.2) is 30.8 Å². The molecule has 0 aliphatic heterocycles. The molecule has 1 atom stereocenters. The molecule has 1 amide bonds. The van der Waals surface area contributed by atoms with Crippen molar-refractivity contribution in [3.63, 3.8) is 0 Å². The van der Waals surface area contributed by atoms with E-state index >= 15 is 0 Å². The average molecular weight is 269 g/mol. The standard InChI is InChI=1S/C14H23NO4/c1-13(2,3)19-12(17)15-10(11(16)18-4)8-14-5-9(6-14)7-14/h9-10H,5-8H2,1-4H3,(H,15,17)/t9?,10-,14?/m1/s1. The Labute approximate surface area is 114 Å². The molecule has 108 valence electrons. The number of hydrogen-bond acceptors (Lipinski definition) is 4. The van der Waals surface area contributed by atoms with Crippen LogP contribution in [0.1, 0.15) is 46.5 Å². The van der Waals surface area contributed by atoms with Gasteiger partial charge in [0.15, 0.2) is 0 Å². The minimum atomic E-state index is -0.596. The molecule has 3 rings (SSSR count). The Bertz CT molecular complexity index is 368. The van der Waals surface area contributed by atoms with Crippen molar-refractivity contribution in [2.75, 3.05) is 7.11 Å². The zero-order valence-corrected chi connectivity index (χ0v) is 12.1. The van der Waals surface area contributed by atoms with Crippen LogP contribution < -0.4 is 5.32 Å². The van der Waals surface area contributed by atoms with Crippen molar-refractivity contribution in [3.8, 4) is 0 Å². The second-order valence-electron chi connectivity index (χ2n) is 6.90. The number of ether oxygens (including phenoxy) is 2. The first kappa shape index (κ1) is 14.2. The lowest BCUT2D eigenvalue weighted by Gasteiger charge is -2.62. The van der Waals surface area contributed by atoms with E-state index in [1.165, 1.54) is 26.4 Å². The first-order valence-corrected chi connectivity index (χ1v) is 6.80. The molecule has 1 N–H and O–H groups in total. The van der Waals surface area contributed by atoms with Crippen LogP contribution in [0.25, 0.3) is 0 Å². The van der Waals surface area contributed by atoms with E-state index in [9.17, 15) is 9.59 Å². The molecule has 0 saturated heterocycles. The van der Waals surface area contributed by atoms with Gasteiger partial charge in [-0.15, -0.1) is 0 Å². The van der Waals surface area contributed by atoms with Crippen molar-refractivity contribution in [1.29, 1.82) is 0 Å². The molecular weight excluding hydrogens is 246 g/mol. The van der Waals surface area contributed by atoms with Gasteiger partial charge < -0.3 is 14.8 Å². The molecule has 0 heterocycles. The SMILES string of the molecule is COC(=O)[C@@H](CC12CC(C1)C2)NC(=O)OC(C)(C)C. The van der Waals surface area contributed by atoms with Crippen LogP contribution in [0.4, 0.5) is 4.79 Å². The molecule has 0 spiro atoms. The molecule has 0 aromatic heterocycles. The number of hydrogen-bond donors (Lipinski definition) is 1. The molecule has 3 fully saturated rings. The number of alkyl carbamates (subject to hydrolysis) is 1. The summed E-state index contributed by atoms with van der Waals surface area (Å²) in [5.74, 6) is 0.454. The Morgan fingerprint density at radius 1 is 1.32 bits per heavy atom. The summed E-state index contributed by atoms with van der Waals surface area (Å²) in [7, 11) is 1.34. The highest BCUT2D eigenvalue weighted by Gasteiger charge is 2.57. The molecule has 0 unspecified atom stereocenters. The molecular formula is C14H23NO4. The Hall–Kier alpha value is -1.26. The van der Waals surface area contributed by atoms with Crippen molar-refractivity contribution in [2.24, 2.45) is 11.3 Å². The number of esters is 1. The topological polar surface area (TPSA) is 64.6 Å². The lowest BCUT2D eigenvalue weighted by atomic mass is 9.43. The van der Waals surface area contributed by atoms with Crippen LogP contribution in [-0.2, 0) is 14.3 Å². The third-order valence-corrected chi connectivity index (χ3v) is 3.98. The zero-order valence-electron chi connectivity index (χ0n) is 12.1. The molecule has 3 aliphatic rings. The minimum Gasteiger partial charge on any atom is -0.467 e. The summed E-state index contributed by atoms with van der Waals surface area (Å²) in [5.41, 5.74) is -0.306. The van der Waals surface area contributed by atoms with Crippen LogP contribution in [0.2, 0.25) is 0 Å². The highest BCUT2D eigenvalue weighted by atomic mass is 16.6. The maximum absolute atomic E-state index is 11.8. The van der Waals surface area contributed by atoms with Crippen LogP contribution in [0, 0.1) is 11.3 Å². The number of carbonyl (C=O) groups excluding carboxylic acids is 2. The second kappa shape index (κ2) is 4.69. The summed E-state index contributed by atoms with van der Waals surface area (Å²) in [6, 6.07) is -0.596. The van der Waals surface area contributed by atoms with Gasteiger partial charge in [0.2, 0.25) is 0 Å². The maximum atomic E-state index is 11.8. The van der Waals surface area contributed by atoms with E-state index in [0.29, 0.717) is 6.42 Å². The fourth-order valence-electron chi connectivity index (χ4n) is 3.13. The highest BCUT2D eigenvalue weighted by molar-refractivity contribution is 5.81. The molecule has 19 heavy (non-hydrogen) atoms. The molecule has 0 radical (unpaired) electrons. The molecule has 5 nitrogen and oxygen atoms in total. The number of methoxy groups -OCH3 is 1. The Balaban J connectivity index is 1.90. The monoisotopic (exact) mass is 269 g/mol. The lowest BCUT2D eigenvalue weighted by Crippen LogP contribution is -2.57. The van der Waals surface area contributed by atoms with Gasteiger partial charge in [0.05, 0.1) is 7.11 Å². The maximum Gasteiger partial charge on any atom is 0.408 e. The summed E-state index contributed by atoms with van der Waals surface area (Å²) in [6.45, 7) is 5.38. The minimum absolute atomic E-state index is 0.262. The fraction of sp³-hybridized carbons (Fsp3) is 0.857. The third kappa shape index (κ3) is 3.19. The fourth-order valence-corrected chi connectivity index (χ4v) is 3.13. The number of nitrogens with one attached hydrogen (secondary N) is 1. The van der Waals surface area contributed by atoms with Gasteiger partial charge in [-0.1, -0.05) is 0 Å². The summed E-state index contributed by atoms with van der Waals surface area (Å²) in [4.78, 5) is 23.5. The number of carbonyl (C=O) groups is 2. The number of rotatable bonds is 4. The van der Waals surface area contributed by atoms with Gasteiger partial charge in [-0.05, 0) is 57.8 Å². The van der Waals surface area contributed by atoms with Gasteiger partial charge in [0, 0.05) is 0 Å². The highest BCUT2D eigenvalue weighted by Crippen LogP contribution is 2.66. The van der Waals surface area contributed by atoms with E-state index in [1.807, 2.05) is 0 Å². The van der Waals surface area contributed by atoms with Crippen LogP contribution in [0.15, 0.2) is 0 Å². The number of amides is 1. The van der Waals surface area contributed by atoms with Crippen molar-refractivity contribution in [3.05, 3.63) is 0 Å². The van der Waals surface area contributed by atoms with Crippen molar-refractivity contribution < 1.29 is 19.1 Å². The van der Waals surface area contributed by atoms with Gasteiger partial charge in [-0.25, -0.2) is 9.59 Å². The van der Waals surface area contributed by atoms with Crippen LogP contribution in [0.3, 0.4) is 0 Å². The van der Waals surface area contributed by atoms with Gasteiger partial charge >= 0.3 is 12.1 Å². The molecule has 3 saturated carbocycles. The van der Waals surface area contributed by atoms with E-state index in [4.69, 9.17) is 9.47 Å². The molecule has 0 aromatic carbocycles. The molecule has 3 aliphatic carbocycles. The van der Waals surface area contributed by atoms with E-state index in [0.717, 1.165) is 5.92 Å². The summed E-state index contributed by atoms with van der Waals surface area (Å²) in [5, 5.41) is 2.64. The Kier molecular flexibility index (Phi) is 3.49. The van der Waals surface area contributed by atoms with E-state index in [2.05, 4.69) is 5.32 Å². The summed E-state index contributed by atoms with van der Waals surface area (Å²) < 4.78 is 9.95. The largest absolute Gasteiger partial charge is 0.467 e. The van der Waals surface area contributed by atoms with Crippen LogP contribution >= 0.6 is 0 Å². The van der Waals surface area contributed by atoms with Gasteiger partial charge in [0.1, 0.15) is 11.6 Å². The Morgan fingerprint density at radius 3 is 2.26 bits per heavy atom. The normalized spacial score (nSPS) is 29.6. The Morgan fingerprint density at radius 2 is 1.89 bits per heavy atom. The summed E-state index contributed by atoms with van der Waals surface area (Å²) in [6.07, 6.45) is 3.63.